The van der Waals surface area contributed by atoms with Gasteiger partial charge in [0.05, 0.1) is 53.3 Å². The van der Waals surface area contributed by atoms with Crippen molar-refractivity contribution in [2.75, 3.05) is 50.6 Å². The van der Waals surface area contributed by atoms with E-state index in [1.54, 1.807) is 16.9 Å². The molecule has 0 bridgehead atoms. The van der Waals surface area contributed by atoms with E-state index in [1.165, 1.54) is 22.7 Å². The lowest BCUT2D eigenvalue weighted by molar-refractivity contribution is -0.128. The van der Waals surface area contributed by atoms with Gasteiger partial charge in [0.25, 0.3) is 5.91 Å². The number of hydrogen-bond donors (Lipinski definition) is 3. The molecule has 4 heterocycles. The Balaban J connectivity index is 1.61. The van der Waals surface area contributed by atoms with E-state index < -0.39 is 59.4 Å². The number of nitrogens with one attached hydrogen (secondary N) is 3. The Bertz CT molecular complexity index is 1740. The molecule has 0 unspecified atom stereocenters. The first-order chi connectivity index (χ1) is 20.9. The Labute approximate surface area is 244 Å². The number of rotatable bonds is 8. The average molecular weight is 614 g/mol. The van der Waals surface area contributed by atoms with Gasteiger partial charge >= 0.3 is 6.18 Å². The molecule has 1 saturated heterocycles. The van der Waals surface area contributed by atoms with Gasteiger partial charge in [-0.1, -0.05) is 11.8 Å². The van der Waals surface area contributed by atoms with Gasteiger partial charge in [0.1, 0.15) is 11.9 Å². The number of ether oxygens (including phenoxy) is 1. The molecule has 3 aromatic rings. The molecule has 0 spiro atoms. The minimum atomic E-state index is -4.55. The minimum Gasteiger partial charge on any atom is -0.480 e. The molecular weight excluding hydrogens is 580 g/mol. The van der Waals surface area contributed by atoms with E-state index in [0.717, 1.165) is 12.3 Å². The molecule has 1 fully saturated rings. The van der Waals surface area contributed by atoms with E-state index in [0.29, 0.717) is 24.2 Å². The highest BCUT2D eigenvalue weighted by molar-refractivity contribution is 7.89. The summed E-state index contributed by atoms with van der Waals surface area (Å²) in [5.74, 6) is 3.74. The summed E-state index contributed by atoms with van der Waals surface area (Å²) in [6.45, 7) is 0.683. The van der Waals surface area contributed by atoms with E-state index >= 15 is 0 Å². The van der Waals surface area contributed by atoms with Crippen molar-refractivity contribution >= 4 is 32.8 Å². The first kappa shape index (κ1) is 26.8. The summed E-state index contributed by atoms with van der Waals surface area (Å²) in [6, 6.07) is 6.53. The van der Waals surface area contributed by atoms with Gasteiger partial charge in [-0.15, -0.1) is 0 Å². The van der Waals surface area contributed by atoms with Crippen LogP contribution < -0.4 is 20.1 Å². The van der Waals surface area contributed by atoms with Crippen molar-refractivity contribution in [3.05, 3.63) is 53.5 Å². The number of carbonyl (C=O) groups is 1. The Morgan fingerprint density at radius 3 is 2.76 bits per heavy atom. The van der Waals surface area contributed by atoms with Crippen molar-refractivity contribution in [1.29, 1.82) is 0 Å². The zero-order chi connectivity index (χ0) is 33.2. The van der Waals surface area contributed by atoms with Crippen LogP contribution in [0.5, 0.6) is 5.88 Å². The van der Waals surface area contributed by atoms with Crippen LogP contribution in [-0.4, -0.2) is 87.0 Å². The van der Waals surface area contributed by atoms with Crippen molar-refractivity contribution in [2.45, 2.75) is 31.2 Å². The fraction of sp³-hybridized carbons (Fsp3) is 0.407. The molecule has 226 valence electrons. The number of aromatic nitrogens is 2. The highest BCUT2D eigenvalue weighted by Gasteiger charge is 2.32. The first-order valence-corrected chi connectivity index (χ1v) is 14.5. The van der Waals surface area contributed by atoms with Gasteiger partial charge in [0, 0.05) is 30.5 Å². The maximum Gasteiger partial charge on any atom is 0.394 e. The molecule has 1 aliphatic heterocycles. The molecule has 0 aliphatic carbocycles. The second kappa shape index (κ2) is 12.5. The third-order valence-electron chi connectivity index (χ3n) is 6.43. The summed E-state index contributed by atoms with van der Waals surface area (Å²) in [6.07, 6.45) is -4.27. The molecule has 0 radical (unpaired) electrons. The lowest BCUT2D eigenvalue weighted by Gasteiger charge is -2.33. The molecule has 10 nitrogen and oxygen atoms in total. The second-order valence-corrected chi connectivity index (χ2v) is 11.5. The maximum atomic E-state index is 14.7. The van der Waals surface area contributed by atoms with Crippen LogP contribution in [-0.2, 0) is 16.4 Å². The topological polar surface area (TPSA) is 117 Å². The molecule has 0 aromatic carbocycles. The predicted octanol–water partition coefficient (Wildman–Crippen LogP) is 3.05. The number of halogens is 4. The fourth-order valence-corrected chi connectivity index (χ4v) is 4.99. The van der Waals surface area contributed by atoms with Crippen LogP contribution in [0.4, 0.5) is 28.9 Å². The number of fused-ring (bicyclic) bond motifs is 1. The number of piperidine rings is 1. The Morgan fingerprint density at radius 1 is 1.29 bits per heavy atom. The van der Waals surface area contributed by atoms with Crippen LogP contribution >= 0.6 is 0 Å². The Morgan fingerprint density at radius 2 is 2.07 bits per heavy atom. The van der Waals surface area contributed by atoms with E-state index in [9.17, 15) is 30.8 Å². The SMILES string of the molecule is [2H]C([2H])([2H])Oc1nc(C(=O)NS(C)(=O)=O)ccc1NCC#Cc1cc2c(N[C@@H]3CCN(C)C[C@H]3F)cccn2c1CC(F)(F)F. The monoisotopic (exact) mass is 613 g/mol. The predicted molar refractivity (Wildman–Crippen MR) is 150 cm³/mol. The highest BCUT2D eigenvalue weighted by atomic mass is 32.2. The Kier molecular flexibility index (Phi) is 7.96. The van der Waals surface area contributed by atoms with Crippen LogP contribution in [0.15, 0.2) is 36.5 Å². The molecule has 4 rings (SSSR count). The smallest absolute Gasteiger partial charge is 0.394 e. The molecule has 0 saturated carbocycles. The third kappa shape index (κ3) is 7.83. The fourth-order valence-electron chi connectivity index (χ4n) is 4.55. The highest BCUT2D eigenvalue weighted by Crippen LogP contribution is 2.30. The molecule has 1 aliphatic rings. The summed E-state index contributed by atoms with van der Waals surface area (Å²) in [5.41, 5.74) is 0.329. The van der Waals surface area contributed by atoms with Gasteiger partial charge in [-0.05, 0) is 43.8 Å². The number of pyridine rings is 2. The van der Waals surface area contributed by atoms with E-state index in [-0.39, 0.29) is 30.0 Å². The number of methoxy groups -OCH3 is 1. The number of amides is 1. The molecule has 42 heavy (non-hydrogen) atoms. The number of anilines is 2. The number of alkyl halides is 4. The number of nitrogens with zero attached hydrogens (tertiary/aromatic N) is 3. The van der Waals surface area contributed by atoms with Crippen LogP contribution in [0.1, 0.15) is 32.3 Å². The van der Waals surface area contributed by atoms with Gasteiger partial charge in [-0.25, -0.2) is 22.5 Å². The van der Waals surface area contributed by atoms with Crippen molar-refractivity contribution < 1.29 is 39.6 Å². The summed E-state index contributed by atoms with van der Waals surface area (Å²) in [7, 11) is -5.11. The van der Waals surface area contributed by atoms with Crippen LogP contribution in [0.3, 0.4) is 0 Å². The molecule has 1 amide bonds. The van der Waals surface area contributed by atoms with Crippen molar-refractivity contribution in [1.82, 2.24) is 19.0 Å². The van der Waals surface area contributed by atoms with Crippen molar-refractivity contribution in [3.8, 4) is 17.7 Å². The lowest BCUT2D eigenvalue weighted by Crippen LogP contribution is -2.46. The van der Waals surface area contributed by atoms with E-state index in [2.05, 4.69) is 27.5 Å². The molecule has 3 N–H and O–H groups in total. The van der Waals surface area contributed by atoms with E-state index in [1.807, 2.05) is 11.9 Å². The quantitative estimate of drug-likeness (QED) is 0.262. The maximum absolute atomic E-state index is 14.7. The van der Waals surface area contributed by atoms with Crippen LogP contribution in [0.2, 0.25) is 0 Å². The molecular formula is C27H30F4N6O4S. The molecule has 3 aromatic heterocycles. The summed E-state index contributed by atoms with van der Waals surface area (Å²) < 4.78 is 108. The zero-order valence-corrected chi connectivity index (χ0v) is 23.4. The van der Waals surface area contributed by atoms with Crippen molar-refractivity contribution in [2.24, 2.45) is 0 Å². The van der Waals surface area contributed by atoms with E-state index in [4.69, 9.17) is 8.85 Å². The summed E-state index contributed by atoms with van der Waals surface area (Å²) in [4.78, 5) is 17.8. The van der Waals surface area contributed by atoms with Gasteiger partial charge in [0.2, 0.25) is 15.9 Å². The van der Waals surface area contributed by atoms with Gasteiger partial charge in [-0.3, -0.25) is 4.79 Å². The van der Waals surface area contributed by atoms with Gasteiger partial charge < -0.3 is 24.7 Å². The minimum absolute atomic E-state index is 0.0284. The second-order valence-electron chi connectivity index (χ2n) is 9.80. The number of carbonyl (C=O) groups excluding carboxylic acids is 1. The van der Waals surface area contributed by atoms with Crippen LogP contribution in [0, 0.1) is 11.8 Å². The van der Waals surface area contributed by atoms with Gasteiger partial charge in [0.15, 0.2) is 0 Å². The lowest BCUT2D eigenvalue weighted by atomic mass is 10.0. The molecule has 15 heteroatoms. The van der Waals surface area contributed by atoms with Gasteiger partial charge in [-0.2, -0.15) is 13.2 Å². The average Bonchev–Trinajstić information content (AvgIpc) is 3.23. The third-order valence-corrected chi connectivity index (χ3v) is 6.98. The number of hydrogen-bond acceptors (Lipinski definition) is 8. The first-order valence-electron chi connectivity index (χ1n) is 14.1. The van der Waals surface area contributed by atoms with Crippen LogP contribution in [0.25, 0.3) is 5.52 Å². The number of likely N-dealkylation sites (tertiary alicyclic amines) is 1. The largest absolute Gasteiger partial charge is 0.480 e. The summed E-state index contributed by atoms with van der Waals surface area (Å²) in [5, 5.41) is 5.89. The number of sulfonamides is 1. The summed E-state index contributed by atoms with van der Waals surface area (Å²) >= 11 is 0. The standard InChI is InChI=1S/C27H30F4N6O4S/c1-36-13-10-19(18(28)16-36)33-20-7-5-12-37-23(20)14-17(24(37)15-27(29,30)31)6-4-11-32-22-9-8-21(34-26(22)41-2)25(38)35-42(3,39)40/h5,7-9,12,14,18-19,32-33H,10-11,13,15-16H2,1-3H3,(H,35,38)/t18-,19-/m1/s1/i2D3. The zero-order valence-electron chi connectivity index (χ0n) is 25.5. The van der Waals surface area contributed by atoms with Crippen molar-refractivity contribution in [3.63, 3.8) is 0 Å². The normalized spacial score (nSPS) is 19.1. The molecule has 2 atom stereocenters. The Hall–Kier alpha value is -4.03.